The predicted octanol–water partition coefficient (Wildman–Crippen LogP) is 3.58. The van der Waals surface area contributed by atoms with Gasteiger partial charge in [0.05, 0.1) is 17.2 Å². The number of benzene rings is 3. The molecule has 1 unspecified atom stereocenters. The van der Waals surface area contributed by atoms with Crippen LogP contribution in [-0.4, -0.2) is 68.9 Å². The Morgan fingerprint density at radius 1 is 1.02 bits per heavy atom. The normalized spacial score (nSPS) is 16.0. The van der Waals surface area contributed by atoms with Crippen molar-refractivity contribution in [2.45, 2.75) is 31.4 Å². The number of tetrazole rings is 1. The smallest absolute Gasteiger partial charge is 0.246 e. The van der Waals surface area contributed by atoms with Crippen molar-refractivity contribution in [2.75, 3.05) is 16.8 Å². The summed E-state index contributed by atoms with van der Waals surface area (Å²) in [7, 11) is -3.11. The van der Waals surface area contributed by atoms with Gasteiger partial charge in [-0.1, -0.05) is 54.1 Å². The van der Waals surface area contributed by atoms with E-state index in [4.69, 9.17) is 11.6 Å². The fourth-order valence-corrected chi connectivity index (χ4v) is 6.92. The number of halogens is 1. The van der Waals surface area contributed by atoms with E-state index in [0.29, 0.717) is 45.9 Å². The van der Waals surface area contributed by atoms with Gasteiger partial charge in [0.1, 0.15) is 28.3 Å². The Hall–Kier alpha value is -4.72. The highest BCUT2D eigenvalue weighted by atomic mass is 35.5. The number of aliphatic hydroxyl groups is 1. The third-order valence-corrected chi connectivity index (χ3v) is 9.63. The van der Waals surface area contributed by atoms with Gasteiger partial charge >= 0.3 is 0 Å². The Morgan fingerprint density at radius 3 is 2.41 bits per heavy atom. The number of Topliss-reactive ketones (excluding diaryl/α,β-unsaturated/α-hetero) is 1. The third kappa shape index (κ3) is 8.50. The number of anilines is 1. The van der Waals surface area contributed by atoms with Gasteiger partial charge in [-0.15, -0.1) is 5.10 Å². The number of hydrogen-bond donors (Lipinski definition) is 3. The van der Waals surface area contributed by atoms with E-state index < -0.39 is 39.6 Å². The van der Waals surface area contributed by atoms with Crippen molar-refractivity contribution in [3.8, 4) is 5.69 Å². The maximum atomic E-state index is 13.5. The van der Waals surface area contributed by atoms with Crippen LogP contribution in [0.3, 0.4) is 0 Å². The predicted molar refractivity (Wildman–Crippen MR) is 172 cm³/mol. The lowest BCUT2D eigenvalue weighted by molar-refractivity contribution is -0.124. The molecule has 3 aromatic carbocycles. The zero-order chi connectivity index (χ0) is 32.7. The zero-order valence-electron chi connectivity index (χ0n) is 24.5. The van der Waals surface area contributed by atoms with Gasteiger partial charge in [0.25, 0.3) is 0 Å². The second kappa shape index (κ2) is 14.6. The van der Waals surface area contributed by atoms with Crippen LogP contribution >= 0.6 is 11.6 Å². The molecule has 46 heavy (non-hydrogen) atoms. The number of ketones is 1. The van der Waals surface area contributed by atoms with E-state index in [9.17, 15) is 27.9 Å². The van der Waals surface area contributed by atoms with E-state index in [1.807, 2.05) is 0 Å². The molecule has 12 nitrogen and oxygen atoms in total. The van der Waals surface area contributed by atoms with Gasteiger partial charge in [-0.2, -0.15) is 4.68 Å². The fraction of sp³-hybridized carbons (Fsp3) is 0.250. The molecule has 2 atom stereocenters. The van der Waals surface area contributed by atoms with Crippen molar-refractivity contribution in [3.63, 3.8) is 0 Å². The highest BCUT2D eigenvalue weighted by Gasteiger charge is 2.29. The highest BCUT2D eigenvalue weighted by Crippen LogP contribution is 2.25. The first kappa shape index (κ1) is 32.7. The fourth-order valence-electron chi connectivity index (χ4n) is 5.15. The zero-order valence-corrected chi connectivity index (χ0v) is 26.1. The van der Waals surface area contributed by atoms with Gasteiger partial charge in [-0.05, 0) is 77.6 Å². The molecule has 0 bridgehead atoms. The molecule has 0 saturated carbocycles. The average molecular weight is 663 g/mol. The molecule has 1 aliphatic rings. The second-order valence-electron chi connectivity index (χ2n) is 10.9. The number of carbonyl (C=O) groups excluding carboxylic acids is 3. The number of nitrogens with one attached hydrogen (secondary N) is 2. The van der Waals surface area contributed by atoms with Crippen molar-refractivity contribution in [1.82, 2.24) is 25.5 Å². The molecule has 238 valence electrons. The van der Waals surface area contributed by atoms with E-state index in [1.165, 1.54) is 35.3 Å². The standard InChI is InChI=1S/C32H31ClN6O6S/c33-25-9-12-28(39-20-34-37-38-39)24(19-25)8-13-29(40)36-27(18-21-14-16-46(44,45)17-15-21)32(43)35-26-10-6-23(7-11-26)31(42)30(41)22-4-2-1-3-5-22/h1-13,19-21,27,31,42H,14-18H2,(H,35,43)(H,36,40)/b13-8+/t27-,31?/m0/s1. The van der Waals surface area contributed by atoms with Crippen molar-refractivity contribution < 1.29 is 27.9 Å². The number of sulfone groups is 1. The molecule has 2 amide bonds. The summed E-state index contributed by atoms with van der Waals surface area (Å²) >= 11 is 6.17. The first-order chi connectivity index (χ1) is 22.1. The summed E-state index contributed by atoms with van der Waals surface area (Å²) in [5.74, 6) is -1.54. The largest absolute Gasteiger partial charge is 0.380 e. The summed E-state index contributed by atoms with van der Waals surface area (Å²) in [6, 6.07) is 18.6. The van der Waals surface area contributed by atoms with Crippen molar-refractivity contribution in [2.24, 2.45) is 5.92 Å². The Morgan fingerprint density at radius 2 is 1.74 bits per heavy atom. The summed E-state index contributed by atoms with van der Waals surface area (Å²) < 4.78 is 25.4. The topological polar surface area (TPSA) is 173 Å². The monoisotopic (exact) mass is 662 g/mol. The summed E-state index contributed by atoms with van der Waals surface area (Å²) in [6.07, 6.45) is 3.83. The molecule has 1 aromatic heterocycles. The van der Waals surface area contributed by atoms with Gasteiger partial charge in [0.15, 0.2) is 5.78 Å². The van der Waals surface area contributed by atoms with Crippen LogP contribution in [-0.2, 0) is 19.4 Å². The molecule has 4 aromatic rings. The Labute approximate surface area is 270 Å². The van der Waals surface area contributed by atoms with Gasteiger partial charge in [-0.25, -0.2) is 8.42 Å². The number of carbonyl (C=O) groups is 3. The van der Waals surface area contributed by atoms with Crippen molar-refractivity contribution in [1.29, 1.82) is 0 Å². The highest BCUT2D eigenvalue weighted by molar-refractivity contribution is 7.91. The minimum absolute atomic E-state index is 0.0278. The molecular formula is C32H31ClN6O6S. The number of aliphatic hydroxyl groups excluding tert-OH is 1. The molecular weight excluding hydrogens is 632 g/mol. The Balaban J connectivity index is 1.29. The van der Waals surface area contributed by atoms with Crippen LogP contribution in [0.2, 0.25) is 5.02 Å². The van der Waals surface area contributed by atoms with Crippen LogP contribution in [0.4, 0.5) is 5.69 Å². The van der Waals surface area contributed by atoms with Crippen LogP contribution in [0.1, 0.15) is 46.9 Å². The quantitative estimate of drug-likeness (QED) is 0.160. The van der Waals surface area contributed by atoms with Gasteiger partial charge in [0, 0.05) is 27.9 Å². The lowest BCUT2D eigenvalue weighted by Crippen LogP contribution is -2.45. The lowest BCUT2D eigenvalue weighted by atomic mass is 9.93. The van der Waals surface area contributed by atoms with Crippen molar-refractivity contribution in [3.05, 3.63) is 107 Å². The van der Waals surface area contributed by atoms with Crippen LogP contribution in [0.5, 0.6) is 0 Å². The molecule has 2 heterocycles. The Kier molecular flexibility index (Phi) is 10.4. The number of amides is 2. The SMILES string of the molecule is O=C(/C=C/c1cc(Cl)ccc1-n1cnnn1)N[C@@H](CC1CCS(=O)(=O)CC1)C(=O)Nc1ccc(C(O)C(=O)c2ccccc2)cc1. The summed E-state index contributed by atoms with van der Waals surface area (Å²) in [5, 5.41) is 27.7. The van der Waals surface area contributed by atoms with Gasteiger partial charge in [-0.3, -0.25) is 14.4 Å². The summed E-state index contributed by atoms with van der Waals surface area (Å²) in [6.45, 7) is 0. The number of nitrogens with zero attached hydrogens (tertiary/aromatic N) is 4. The molecule has 0 radical (unpaired) electrons. The van der Waals surface area contributed by atoms with E-state index in [1.54, 1.807) is 60.7 Å². The minimum Gasteiger partial charge on any atom is -0.380 e. The molecule has 1 aliphatic heterocycles. The van der Waals surface area contributed by atoms with Crippen LogP contribution in [0, 0.1) is 5.92 Å². The number of hydrogen-bond acceptors (Lipinski definition) is 9. The molecule has 3 N–H and O–H groups in total. The van der Waals surface area contributed by atoms with Crippen LogP contribution < -0.4 is 10.6 Å². The van der Waals surface area contributed by atoms with Crippen molar-refractivity contribution >= 4 is 50.8 Å². The third-order valence-electron chi connectivity index (χ3n) is 7.68. The molecule has 1 saturated heterocycles. The van der Waals surface area contributed by atoms with E-state index >= 15 is 0 Å². The van der Waals surface area contributed by atoms with Gasteiger partial charge < -0.3 is 15.7 Å². The summed E-state index contributed by atoms with van der Waals surface area (Å²) in [5.41, 5.74) is 2.25. The van der Waals surface area contributed by atoms with Gasteiger partial charge in [0.2, 0.25) is 11.8 Å². The molecule has 0 spiro atoms. The van der Waals surface area contributed by atoms with Crippen LogP contribution in [0.15, 0.2) is 85.2 Å². The lowest BCUT2D eigenvalue weighted by Gasteiger charge is -2.26. The minimum atomic E-state index is -3.11. The maximum absolute atomic E-state index is 13.5. The van der Waals surface area contributed by atoms with E-state index in [-0.39, 0.29) is 23.8 Å². The first-order valence-electron chi connectivity index (χ1n) is 14.5. The van der Waals surface area contributed by atoms with Crippen LogP contribution in [0.25, 0.3) is 11.8 Å². The average Bonchev–Trinajstić information content (AvgIpc) is 3.59. The number of aromatic nitrogens is 4. The number of rotatable bonds is 11. The summed E-state index contributed by atoms with van der Waals surface area (Å²) in [4.78, 5) is 39.2. The molecule has 0 aliphatic carbocycles. The Bertz CT molecular complexity index is 1820. The van der Waals surface area contributed by atoms with E-state index in [2.05, 4.69) is 26.2 Å². The molecule has 5 rings (SSSR count). The second-order valence-corrected chi connectivity index (χ2v) is 13.7. The molecule has 1 fully saturated rings. The first-order valence-corrected chi connectivity index (χ1v) is 16.7. The molecule has 14 heteroatoms. The maximum Gasteiger partial charge on any atom is 0.246 e. The van der Waals surface area contributed by atoms with E-state index in [0.717, 1.165) is 0 Å².